The third kappa shape index (κ3) is 4.71. The zero-order chi connectivity index (χ0) is 21.0. The zero-order valence-corrected chi connectivity index (χ0v) is 16.2. The number of nitrogens with zero attached hydrogens (tertiary/aromatic N) is 1. The molecule has 1 N–H and O–H groups in total. The van der Waals surface area contributed by atoms with Crippen LogP contribution in [0.3, 0.4) is 0 Å². The van der Waals surface area contributed by atoms with E-state index >= 15 is 0 Å². The van der Waals surface area contributed by atoms with Crippen LogP contribution in [-0.4, -0.2) is 19.2 Å². The molecule has 0 aliphatic carbocycles. The number of nitrogens with one attached hydrogen (secondary N) is 1. The Morgan fingerprint density at radius 1 is 1.00 bits per heavy atom. The Morgan fingerprint density at radius 2 is 1.69 bits per heavy atom. The summed E-state index contributed by atoms with van der Waals surface area (Å²) >= 11 is 5.92. The Hall–Kier alpha value is -3.43. The average Bonchev–Trinajstić information content (AvgIpc) is 2.70. The monoisotopic (exact) mass is 432 g/mol. The molecule has 29 heavy (non-hydrogen) atoms. The normalized spacial score (nSPS) is 10.9. The number of carbonyl (C=O) groups is 1. The molecule has 3 aromatic carbocycles. The molecule has 0 bridgehead atoms. The van der Waals surface area contributed by atoms with Gasteiger partial charge in [-0.05, 0) is 36.4 Å². The van der Waals surface area contributed by atoms with Crippen molar-refractivity contribution in [3.63, 3.8) is 0 Å². The van der Waals surface area contributed by atoms with Crippen molar-refractivity contribution in [3.8, 4) is 5.75 Å². The molecule has 3 aromatic rings. The van der Waals surface area contributed by atoms with Crippen molar-refractivity contribution in [2.45, 2.75) is 4.90 Å². The molecule has 0 saturated carbocycles. The topological polar surface area (TPSA) is 116 Å². The first-order valence-corrected chi connectivity index (χ1v) is 9.90. The fourth-order valence-electron chi connectivity index (χ4n) is 2.40. The van der Waals surface area contributed by atoms with Crippen molar-refractivity contribution < 1.29 is 22.3 Å². The number of nitro groups is 1. The fraction of sp³-hybridized carbons (Fsp3) is 0. The maximum atomic E-state index is 12.5. The number of hydrogen-bond acceptors (Lipinski definition) is 6. The molecule has 0 aliphatic heterocycles. The quantitative estimate of drug-likeness (QED) is 0.353. The molecule has 10 heteroatoms. The number of rotatable bonds is 6. The Labute approximate surface area is 171 Å². The molecule has 0 aliphatic rings. The zero-order valence-electron chi connectivity index (χ0n) is 14.6. The standard InChI is InChI=1S/C19H13ClN2O6S/c20-15-8-1-4-11-18(15)28-29(26,27)14-7-5-6-13(12-14)19(23)21-16-9-2-3-10-17(16)22(24)25/h1-12H,(H,21,23). The van der Waals surface area contributed by atoms with Gasteiger partial charge in [-0.25, -0.2) is 0 Å². The molecule has 0 fully saturated rings. The van der Waals surface area contributed by atoms with Crippen LogP contribution in [0.5, 0.6) is 5.75 Å². The second-order valence-electron chi connectivity index (χ2n) is 5.72. The second-order valence-corrected chi connectivity index (χ2v) is 7.68. The van der Waals surface area contributed by atoms with Crippen LogP contribution in [-0.2, 0) is 10.1 Å². The summed E-state index contributed by atoms with van der Waals surface area (Å²) in [7, 11) is -4.26. The van der Waals surface area contributed by atoms with Gasteiger partial charge in [0.25, 0.3) is 11.6 Å². The lowest BCUT2D eigenvalue weighted by molar-refractivity contribution is -0.383. The number of halogens is 1. The van der Waals surface area contributed by atoms with Gasteiger partial charge >= 0.3 is 10.1 Å². The van der Waals surface area contributed by atoms with E-state index in [9.17, 15) is 23.3 Å². The summed E-state index contributed by atoms with van der Waals surface area (Å²) in [5.41, 5.74) is -0.318. The van der Waals surface area contributed by atoms with E-state index < -0.39 is 20.9 Å². The molecule has 0 heterocycles. The summed E-state index contributed by atoms with van der Waals surface area (Å²) in [5.74, 6) is -0.766. The van der Waals surface area contributed by atoms with Gasteiger partial charge in [0.1, 0.15) is 10.6 Å². The summed E-state index contributed by atoms with van der Waals surface area (Å²) in [6.45, 7) is 0. The third-order valence-electron chi connectivity index (χ3n) is 3.77. The first-order chi connectivity index (χ1) is 13.8. The van der Waals surface area contributed by atoms with Crippen LogP contribution < -0.4 is 9.50 Å². The second kappa shape index (κ2) is 8.29. The predicted octanol–water partition coefficient (Wildman–Crippen LogP) is 4.27. The van der Waals surface area contributed by atoms with Crippen molar-refractivity contribution in [2.75, 3.05) is 5.32 Å². The van der Waals surface area contributed by atoms with Crippen molar-refractivity contribution >= 4 is 39.0 Å². The number of hydrogen-bond donors (Lipinski definition) is 1. The highest BCUT2D eigenvalue weighted by Gasteiger charge is 2.21. The van der Waals surface area contributed by atoms with Gasteiger partial charge in [0.2, 0.25) is 0 Å². The first kappa shape index (κ1) is 20.3. The van der Waals surface area contributed by atoms with Gasteiger partial charge in [0, 0.05) is 11.6 Å². The van der Waals surface area contributed by atoms with Gasteiger partial charge in [-0.1, -0.05) is 41.9 Å². The van der Waals surface area contributed by atoms with Crippen LogP contribution in [0.2, 0.25) is 5.02 Å². The van der Waals surface area contributed by atoms with Gasteiger partial charge in [-0.3, -0.25) is 14.9 Å². The predicted molar refractivity (Wildman–Crippen MR) is 107 cm³/mol. The number of benzene rings is 3. The van der Waals surface area contributed by atoms with Crippen LogP contribution in [0.25, 0.3) is 0 Å². The number of para-hydroxylation sites is 3. The number of carbonyl (C=O) groups excluding carboxylic acids is 1. The van der Waals surface area contributed by atoms with Crippen molar-refractivity contribution in [2.24, 2.45) is 0 Å². The van der Waals surface area contributed by atoms with Crippen molar-refractivity contribution in [1.29, 1.82) is 0 Å². The summed E-state index contributed by atoms with van der Waals surface area (Å²) in [5, 5.41) is 13.6. The lowest BCUT2D eigenvalue weighted by Crippen LogP contribution is -2.15. The molecule has 148 valence electrons. The largest absolute Gasteiger partial charge is 0.377 e. The molecule has 0 unspecified atom stereocenters. The van der Waals surface area contributed by atoms with Crippen LogP contribution in [0.15, 0.2) is 77.7 Å². The van der Waals surface area contributed by atoms with Crippen LogP contribution in [0.4, 0.5) is 11.4 Å². The summed E-state index contributed by atoms with van der Waals surface area (Å²) in [6.07, 6.45) is 0. The van der Waals surface area contributed by atoms with Gasteiger partial charge in [-0.2, -0.15) is 8.42 Å². The molecule has 0 radical (unpaired) electrons. The highest BCUT2D eigenvalue weighted by molar-refractivity contribution is 7.87. The Bertz CT molecular complexity index is 1200. The molecular formula is C19H13ClN2O6S. The van der Waals surface area contributed by atoms with Gasteiger partial charge in [-0.15, -0.1) is 0 Å². The Morgan fingerprint density at radius 3 is 2.41 bits per heavy atom. The van der Waals surface area contributed by atoms with E-state index in [-0.39, 0.29) is 32.6 Å². The molecule has 8 nitrogen and oxygen atoms in total. The lowest BCUT2D eigenvalue weighted by Gasteiger charge is -2.10. The highest BCUT2D eigenvalue weighted by Crippen LogP contribution is 2.28. The van der Waals surface area contributed by atoms with Crippen LogP contribution >= 0.6 is 11.6 Å². The van der Waals surface area contributed by atoms with E-state index in [4.69, 9.17) is 15.8 Å². The maximum absolute atomic E-state index is 12.5. The minimum Gasteiger partial charge on any atom is -0.377 e. The van der Waals surface area contributed by atoms with Crippen LogP contribution in [0.1, 0.15) is 10.4 Å². The van der Waals surface area contributed by atoms with E-state index in [0.717, 1.165) is 6.07 Å². The van der Waals surface area contributed by atoms with Gasteiger partial charge in [0.05, 0.1) is 9.95 Å². The number of anilines is 1. The molecule has 0 aromatic heterocycles. The molecule has 0 atom stereocenters. The molecule has 0 saturated heterocycles. The van der Waals surface area contributed by atoms with Crippen LogP contribution in [0, 0.1) is 10.1 Å². The maximum Gasteiger partial charge on any atom is 0.339 e. The smallest absolute Gasteiger partial charge is 0.339 e. The van der Waals surface area contributed by atoms with E-state index in [1.54, 1.807) is 12.1 Å². The molecule has 3 rings (SSSR count). The summed E-state index contributed by atoms with van der Waals surface area (Å²) in [4.78, 5) is 22.7. The minimum atomic E-state index is -4.26. The van der Waals surface area contributed by atoms with E-state index in [2.05, 4.69) is 5.32 Å². The SMILES string of the molecule is O=C(Nc1ccccc1[N+](=O)[O-])c1cccc(S(=O)(=O)Oc2ccccc2Cl)c1. The molecular weight excluding hydrogens is 420 g/mol. The van der Waals surface area contributed by atoms with E-state index in [0.29, 0.717) is 0 Å². The van der Waals surface area contributed by atoms with Crippen molar-refractivity contribution in [1.82, 2.24) is 0 Å². The van der Waals surface area contributed by atoms with E-state index in [1.165, 1.54) is 54.6 Å². The number of nitro benzene ring substituents is 1. The minimum absolute atomic E-state index is 0.0110. The average molecular weight is 433 g/mol. The highest BCUT2D eigenvalue weighted by atomic mass is 35.5. The van der Waals surface area contributed by atoms with E-state index in [1.807, 2.05) is 0 Å². The molecule has 1 amide bonds. The summed E-state index contributed by atoms with van der Waals surface area (Å²) in [6, 6.07) is 16.8. The van der Waals surface area contributed by atoms with Gasteiger partial charge < -0.3 is 9.50 Å². The Kier molecular flexibility index (Phi) is 5.81. The Balaban J connectivity index is 1.87. The first-order valence-electron chi connectivity index (χ1n) is 8.12. The summed E-state index contributed by atoms with van der Waals surface area (Å²) < 4.78 is 30.1. The molecule has 0 spiro atoms. The number of amides is 1. The fourth-order valence-corrected chi connectivity index (χ4v) is 3.62. The van der Waals surface area contributed by atoms with Gasteiger partial charge in [0.15, 0.2) is 5.75 Å². The van der Waals surface area contributed by atoms with Crippen molar-refractivity contribution in [3.05, 3.63) is 93.5 Å². The third-order valence-corrected chi connectivity index (χ3v) is 5.31. The lowest BCUT2D eigenvalue weighted by atomic mass is 10.2.